The van der Waals surface area contributed by atoms with Crippen LogP contribution in [-0.2, 0) is 0 Å². The van der Waals surface area contributed by atoms with Crippen LogP contribution in [0.4, 0.5) is 5.69 Å². The van der Waals surface area contributed by atoms with Crippen LogP contribution in [0.1, 0.15) is 17.0 Å². The van der Waals surface area contributed by atoms with Crippen LogP contribution in [0.25, 0.3) is 12.2 Å². The van der Waals surface area contributed by atoms with Crippen LogP contribution in [0.15, 0.2) is 28.8 Å². The molecular weight excluding hydrogens is 256 g/mol. The van der Waals surface area contributed by atoms with Gasteiger partial charge in [0.2, 0.25) is 5.76 Å². The number of hydrogen-bond donors (Lipinski definition) is 0. The number of hydrogen-bond acceptors (Lipinski definition) is 4. The van der Waals surface area contributed by atoms with Crippen molar-refractivity contribution >= 4 is 29.4 Å². The highest BCUT2D eigenvalue weighted by atomic mass is 35.5. The third kappa shape index (κ3) is 2.57. The van der Waals surface area contributed by atoms with Gasteiger partial charge in [0, 0.05) is 11.9 Å². The summed E-state index contributed by atoms with van der Waals surface area (Å²) in [7, 11) is 0. The molecule has 0 fully saturated rings. The first-order valence-corrected chi connectivity index (χ1v) is 5.50. The average molecular weight is 265 g/mol. The smallest absolute Gasteiger partial charge is 0.338 e. The Balaban J connectivity index is 2.29. The standard InChI is InChI=1S/C12H9ClN2O3/c1-8-12(15(16)17)11(14-18-8)7-4-9-2-5-10(13)6-3-9/h2-7H,1H3. The van der Waals surface area contributed by atoms with Gasteiger partial charge in [-0.05, 0) is 23.8 Å². The van der Waals surface area contributed by atoms with E-state index < -0.39 is 4.92 Å². The van der Waals surface area contributed by atoms with Crippen molar-refractivity contribution in [2.75, 3.05) is 0 Å². The zero-order valence-corrected chi connectivity index (χ0v) is 10.2. The fourth-order valence-electron chi connectivity index (χ4n) is 1.46. The second-order valence-corrected chi connectivity index (χ2v) is 4.05. The first-order chi connectivity index (χ1) is 8.58. The van der Waals surface area contributed by atoms with Gasteiger partial charge in [-0.25, -0.2) is 0 Å². The first-order valence-electron chi connectivity index (χ1n) is 5.12. The van der Waals surface area contributed by atoms with Crippen LogP contribution in [0.2, 0.25) is 5.02 Å². The minimum atomic E-state index is -0.507. The maximum absolute atomic E-state index is 10.8. The molecule has 0 bridgehead atoms. The number of aryl methyl sites for hydroxylation is 1. The van der Waals surface area contributed by atoms with Crippen LogP contribution in [-0.4, -0.2) is 10.1 Å². The molecule has 0 aliphatic heterocycles. The summed E-state index contributed by atoms with van der Waals surface area (Å²) in [5.41, 5.74) is 0.960. The lowest BCUT2D eigenvalue weighted by Crippen LogP contribution is -1.90. The minimum Gasteiger partial charge on any atom is -0.354 e. The molecule has 0 spiro atoms. The van der Waals surface area contributed by atoms with E-state index >= 15 is 0 Å². The summed E-state index contributed by atoms with van der Waals surface area (Å²) in [5.74, 6) is 0.191. The lowest BCUT2D eigenvalue weighted by Gasteiger charge is -1.92. The van der Waals surface area contributed by atoms with Gasteiger partial charge in [-0.1, -0.05) is 35.0 Å². The fraction of sp³-hybridized carbons (Fsp3) is 0.0833. The number of aromatic nitrogens is 1. The Bertz CT molecular complexity index is 602. The van der Waals surface area contributed by atoms with Crippen molar-refractivity contribution in [2.45, 2.75) is 6.92 Å². The van der Waals surface area contributed by atoms with E-state index in [0.717, 1.165) is 5.56 Å². The van der Waals surface area contributed by atoms with Crippen molar-refractivity contribution in [3.63, 3.8) is 0 Å². The molecule has 0 atom stereocenters. The van der Waals surface area contributed by atoms with E-state index in [1.54, 1.807) is 30.3 Å². The predicted molar refractivity (Wildman–Crippen MR) is 68.3 cm³/mol. The average Bonchev–Trinajstić information content (AvgIpc) is 2.70. The van der Waals surface area contributed by atoms with Crippen molar-refractivity contribution in [3.05, 3.63) is 56.4 Å². The first kappa shape index (κ1) is 12.3. The van der Waals surface area contributed by atoms with E-state index in [1.807, 2.05) is 0 Å². The number of nitrogens with zero attached hydrogens (tertiary/aromatic N) is 2. The molecule has 18 heavy (non-hydrogen) atoms. The molecule has 0 saturated carbocycles. The molecule has 1 aromatic carbocycles. The summed E-state index contributed by atoms with van der Waals surface area (Å²) in [4.78, 5) is 10.3. The molecule has 0 aliphatic carbocycles. The van der Waals surface area contributed by atoms with Gasteiger partial charge in [-0.15, -0.1) is 0 Å². The molecule has 2 aromatic rings. The van der Waals surface area contributed by atoms with E-state index in [-0.39, 0.29) is 17.1 Å². The Morgan fingerprint density at radius 1 is 1.33 bits per heavy atom. The van der Waals surface area contributed by atoms with Gasteiger partial charge in [-0.2, -0.15) is 0 Å². The van der Waals surface area contributed by atoms with E-state index in [2.05, 4.69) is 5.16 Å². The lowest BCUT2D eigenvalue weighted by atomic mass is 10.2. The number of benzene rings is 1. The molecule has 92 valence electrons. The highest BCUT2D eigenvalue weighted by molar-refractivity contribution is 6.30. The SMILES string of the molecule is Cc1onc(C=Cc2ccc(Cl)cc2)c1[N+](=O)[O-]. The zero-order valence-electron chi connectivity index (χ0n) is 9.46. The molecule has 0 amide bonds. The van der Waals surface area contributed by atoms with Gasteiger partial charge in [-0.3, -0.25) is 10.1 Å². The summed E-state index contributed by atoms with van der Waals surface area (Å²) in [6.45, 7) is 1.50. The molecule has 0 radical (unpaired) electrons. The normalized spacial score (nSPS) is 11.0. The number of rotatable bonds is 3. The maximum Gasteiger partial charge on any atom is 0.338 e. The number of halogens is 1. The predicted octanol–water partition coefficient (Wildman–Crippen LogP) is 3.72. The minimum absolute atomic E-state index is 0.111. The third-order valence-electron chi connectivity index (χ3n) is 2.34. The molecule has 1 aromatic heterocycles. The molecule has 2 rings (SSSR count). The van der Waals surface area contributed by atoms with Gasteiger partial charge in [0.25, 0.3) is 0 Å². The second-order valence-electron chi connectivity index (χ2n) is 3.61. The number of nitro groups is 1. The van der Waals surface area contributed by atoms with Gasteiger partial charge < -0.3 is 4.52 Å². The second kappa shape index (κ2) is 5.01. The van der Waals surface area contributed by atoms with Crippen molar-refractivity contribution in [1.29, 1.82) is 0 Å². The molecule has 6 heteroatoms. The van der Waals surface area contributed by atoms with E-state index in [0.29, 0.717) is 5.02 Å². The highest BCUT2D eigenvalue weighted by Crippen LogP contribution is 2.24. The van der Waals surface area contributed by atoms with Crippen molar-refractivity contribution in [2.24, 2.45) is 0 Å². The van der Waals surface area contributed by atoms with E-state index in [9.17, 15) is 10.1 Å². The van der Waals surface area contributed by atoms with Crippen LogP contribution >= 0.6 is 11.6 Å². The Morgan fingerprint density at radius 3 is 2.61 bits per heavy atom. The molecule has 0 aliphatic rings. The summed E-state index contributed by atoms with van der Waals surface area (Å²) < 4.78 is 4.80. The molecule has 0 unspecified atom stereocenters. The third-order valence-corrected chi connectivity index (χ3v) is 2.60. The van der Waals surface area contributed by atoms with Gasteiger partial charge in [0.1, 0.15) is 0 Å². The fourth-order valence-corrected chi connectivity index (χ4v) is 1.59. The van der Waals surface area contributed by atoms with E-state index in [4.69, 9.17) is 16.1 Å². The zero-order chi connectivity index (χ0) is 13.1. The van der Waals surface area contributed by atoms with Crippen LogP contribution in [0, 0.1) is 17.0 Å². The van der Waals surface area contributed by atoms with Crippen LogP contribution in [0.3, 0.4) is 0 Å². The molecule has 0 saturated heterocycles. The molecular formula is C12H9ClN2O3. The monoisotopic (exact) mass is 264 g/mol. The molecule has 1 heterocycles. The highest BCUT2D eigenvalue weighted by Gasteiger charge is 2.21. The van der Waals surface area contributed by atoms with Crippen LogP contribution in [0.5, 0.6) is 0 Å². The molecule has 5 nitrogen and oxygen atoms in total. The Kier molecular flexibility index (Phi) is 3.43. The van der Waals surface area contributed by atoms with Crippen molar-refractivity contribution < 1.29 is 9.45 Å². The summed E-state index contributed by atoms with van der Waals surface area (Å²) in [6, 6.07) is 7.09. The largest absolute Gasteiger partial charge is 0.354 e. The lowest BCUT2D eigenvalue weighted by molar-refractivity contribution is -0.386. The summed E-state index contributed by atoms with van der Waals surface area (Å²) >= 11 is 5.76. The van der Waals surface area contributed by atoms with E-state index in [1.165, 1.54) is 13.0 Å². The summed E-state index contributed by atoms with van der Waals surface area (Å²) in [6.07, 6.45) is 3.25. The maximum atomic E-state index is 10.8. The Morgan fingerprint density at radius 2 is 2.00 bits per heavy atom. The van der Waals surface area contributed by atoms with Gasteiger partial charge >= 0.3 is 5.69 Å². The summed E-state index contributed by atoms with van der Waals surface area (Å²) in [5, 5.41) is 15.1. The quantitative estimate of drug-likeness (QED) is 0.626. The molecule has 0 N–H and O–H groups in total. The van der Waals surface area contributed by atoms with Crippen molar-refractivity contribution in [3.8, 4) is 0 Å². The van der Waals surface area contributed by atoms with Gasteiger partial charge in [0.15, 0.2) is 5.69 Å². The Hall–Kier alpha value is -2.14. The van der Waals surface area contributed by atoms with Gasteiger partial charge in [0.05, 0.1) is 4.92 Å². The van der Waals surface area contributed by atoms with Crippen molar-refractivity contribution in [1.82, 2.24) is 5.16 Å². The Labute approximate surface area is 108 Å². The van der Waals surface area contributed by atoms with Crippen LogP contribution < -0.4 is 0 Å². The topological polar surface area (TPSA) is 69.2 Å².